The van der Waals surface area contributed by atoms with Crippen LogP contribution < -0.4 is 0 Å². The van der Waals surface area contributed by atoms with Crippen molar-refractivity contribution in [3.8, 4) is 0 Å². The molecule has 1 atom stereocenters. The van der Waals surface area contributed by atoms with E-state index in [2.05, 4.69) is 0 Å². The Bertz CT molecular complexity index is 875. The maximum absolute atomic E-state index is 13.9. The number of esters is 1. The summed E-state index contributed by atoms with van der Waals surface area (Å²) in [6.07, 6.45) is 2.07. The average Bonchev–Trinajstić information content (AvgIpc) is 2.67. The first-order valence-corrected chi connectivity index (χ1v) is 9.76. The molecule has 0 heterocycles. The topological polar surface area (TPSA) is 63.6 Å². The molecule has 0 aromatic heterocycles. The van der Waals surface area contributed by atoms with E-state index in [9.17, 15) is 18.4 Å². The normalized spacial score (nSPS) is 12.1. The highest BCUT2D eigenvalue weighted by Gasteiger charge is 2.16. The van der Waals surface area contributed by atoms with Crippen LogP contribution in [0.15, 0.2) is 36.4 Å². The first-order valence-electron chi connectivity index (χ1n) is 9.76. The molecule has 2 rings (SSSR count). The molecule has 1 unspecified atom stereocenters. The molecule has 0 amide bonds. The van der Waals surface area contributed by atoms with Crippen LogP contribution in [0.1, 0.15) is 83.7 Å². The predicted octanol–water partition coefficient (Wildman–Crippen LogP) is 5.92. The number of ether oxygens (including phenoxy) is 1. The van der Waals surface area contributed by atoms with Crippen LogP contribution in [0.25, 0.3) is 0 Å². The Morgan fingerprint density at radius 1 is 0.931 bits per heavy atom. The van der Waals surface area contributed by atoms with Crippen molar-refractivity contribution in [1.82, 2.24) is 0 Å². The minimum absolute atomic E-state index is 0.0513. The van der Waals surface area contributed by atoms with Crippen LogP contribution in [0.4, 0.5) is 8.78 Å². The van der Waals surface area contributed by atoms with Gasteiger partial charge in [-0.2, -0.15) is 0 Å². The van der Waals surface area contributed by atoms with Gasteiger partial charge in [0.2, 0.25) is 0 Å². The van der Waals surface area contributed by atoms with Gasteiger partial charge >= 0.3 is 11.9 Å². The SMILES string of the molecule is CCC(CC)c1cc(F)cc(C(=O)OCCC(C)c2cc(F)cc(C(=O)O)c2)c1. The van der Waals surface area contributed by atoms with Gasteiger partial charge in [-0.1, -0.05) is 20.8 Å². The second-order valence-electron chi connectivity index (χ2n) is 7.19. The lowest BCUT2D eigenvalue weighted by molar-refractivity contribution is 0.0493. The van der Waals surface area contributed by atoms with Crippen LogP contribution in [0.2, 0.25) is 0 Å². The van der Waals surface area contributed by atoms with Gasteiger partial charge in [0.1, 0.15) is 11.6 Å². The van der Waals surface area contributed by atoms with Gasteiger partial charge in [0.05, 0.1) is 17.7 Å². The summed E-state index contributed by atoms with van der Waals surface area (Å²) in [5, 5.41) is 9.04. The highest BCUT2D eigenvalue weighted by atomic mass is 19.1. The Hall–Kier alpha value is -2.76. The summed E-state index contributed by atoms with van der Waals surface area (Å²) in [7, 11) is 0. The Kier molecular flexibility index (Phi) is 7.88. The van der Waals surface area contributed by atoms with Gasteiger partial charge in [0, 0.05) is 0 Å². The number of hydrogen-bond donors (Lipinski definition) is 1. The predicted molar refractivity (Wildman–Crippen MR) is 106 cm³/mol. The summed E-state index contributed by atoms with van der Waals surface area (Å²) < 4.78 is 32.8. The monoisotopic (exact) mass is 404 g/mol. The molecule has 156 valence electrons. The number of halogens is 2. The number of carbonyl (C=O) groups is 2. The van der Waals surface area contributed by atoms with E-state index >= 15 is 0 Å². The minimum Gasteiger partial charge on any atom is -0.478 e. The molecule has 0 saturated heterocycles. The van der Waals surface area contributed by atoms with Crippen molar-refractivity contribution >= 4 is 11.9 Å². The Labute approximate surface area is 169 Å². The van der Waals surface area contributed by atoms with Crippen LogP contribution in [-0.2, 0) is 4.74 Å². The third kappa shape index (κ3) is 6.11. The van der Waals surface area contributed by atoms with Crippen molar-refractivity contribution in [1.29, 1.82) is 0 Å². The number of carboxylic acid groups (broad SMARTS) is 1. The molecular formula is C23H26F2O4. The number of aromatic carboxylic acids is 1. The second kappa shape index (κ2) is 10.1. The zero-order chi connectivity index (χ0) is 21.6. The number of rotatable bonds is 9. The van der Waals surface area contributed by atoms with Crippen LogP contribution >= 0.6 is 0 Å². The molecule has 0 aliphatic carbocycles. The largest absolute Gasteiger partial charge is 0.478 e. The summed E-state index contributed by atoms with van der Waals surface area (Å²) in [5.41, 5.74) is 1.33. The van der Waals surface area contributed by atoms with Crippen LogP contribution in [0.5, 0.6) is 0 Å². The Morgan fingerprint density at radius 2 is 1.48 bits per heavy atom. The lowest BCUT2D eigenvalue weighted by Gasteiger charge is -2.15. The maximum Gasteiger partial charge on any atom is 0.338 e. The zero-order valence-corrected chi connectivity index (χ0v) is 16.9. The first-order chi connectivity index (χ1) is 13.7. The van der Waals surface area contributed by atoms with E-state index in [-0.39, 0.29) is 29.6 Å². The van der Waals surface area contributed by atoms with Crippen molar-refractivity contribution in [2.75, 3.05) is 6.61 Å². The number of carbonyl (C=O) groups excluding carboxylic acids is 1. The molecule has 0 fully saturated rings. The fourth-order valence-corrected chi connectivity index (χ4v) is 3.32. The molecule has 0 bridgehead atoms. The van der Waals surface area contributed by atoms with E-state index in [1.54, 1.807) is 13.0 Å². The van der Waals surface area contributed by atoms with E-state index in [1.807, 2.05) is 13.8 Å². The Morgan fingerprint density at radius 3 is 2.07 bits per heavy atom. The van der Waals surface area contributed by atoms with E-state index in [0.717, 1.165) is 30.5 Å². The van der Waals surface area contributed by atoms with Crippen molar-refractivity contribution < 1.29 is 28.2 Å². The van der Waals surface area contributed by atoms with Gasteiger partial charge in [0.15, 0.2) is 0 Å². The zero-order valence-electron chi connectivity index (χ0n) is 16.9. The molecule has 0 radical (unpaired) electrons. The van der Waals surface area contributed by atoms with E-state index in [4.69, 9.17) is 9.84 Å². The van der Waals surface area contributed by atoms with Crippen molar-refractivity contribution in [3.63, 3.8) is 0 Å². The van der Waals surface area contributed by atoms with Crippen LogP contribution in [-0.4, -0.2) is 23.7 Å². The Balaban J connectivity index is 2.02. The van der Waals surface area contributed by atoms with E-state index in [0.29, 0.717) is 12.0 Å². The number of carboxylic acids is 1. The molecular weight excluding hydrogens is 378 g/mol. The molecule has 0 saturated carbocycles. The second-order valence-corrected chi connectivity index (χ2v) is 7.19. The highest BCUT2D eigenvalue weighted by molar-refractivity contribution is 5.89. The maximum atomic E-state index is 13.9. The molecule has 6 heteroatoms. The molecule has 29 heavy (non-hydrogen) atoms. The molecule has 4 nitrogen and oxygen atoms in total. The van der Waals surface area contributed by atoms with Crippen molar-refractivity contribution in [3.05, 3.63) is 70.3 Å². The van der Waals surface area contributed by atoms with Gasteiger partial charge in [-0.05, 0) is 78.6 Å². The summed E-state index contributed by atoms with van der Waals surface area (Å²) in [4.78, 5) is 23.4. The van der Waals surface area contributed by atoms with E-state index in [1.165, 1.54) is 18.2 Å². The summed E-state index contributed by atoms with van der Waals surface area (Å²) in [5.74, 6) is -2.97. The van der Waals surface area contributed by atoms with Crippen molar-refractivity contribution in [2.24, 2.45) is 0 Å². The third-order valence-electron chi connectivity index (χ3n) is 5.13. The van der Waals surface area contributed by atoms with Gasteiger partial charge in [-0.25, -0.2) is 18.4 Å². The van der Waals surface area contributed by atoms with Crippen LogP contribution in [0.3, 0.4) is 0 Å². The van der Waals surface area contributed by atoms with E-state index < -0.39 is 23.6 Å². The molecule has 1 N–H and O–H groups in total. The number of hydrogen-bond acceptors (Lipinski definition) is 3. The third-order valence-corrected chi connectivity index (χ3v) is 5.13. The van der Waals surface area contributed by atoms with Gasteiger partial charge < -0.3 is 9.84 Å². The molecule has 0 aliphatic rings. The van der Waals surface area contributed by atoms with Gasteiger partial charge in [-0.3, -0.25) is 0 Å². The summed E-state index contributed by atoms with van der Waals surface area (Å²) >= 11 is 0. The van der Waals surface area contributed by atoms with Crippen LogP contribution in [0, 0.1) is 11.6 Å². The van der Waals surface area contributed by atoms with Gasteiger partial charge in [0.25, 0.3) is 0 Å². The smallest absolute Gasteiger partial charge is 0.338 e. The molecule has 0 aliphatic heterocycles. The van der Waals surface area contributed by atoms with Crippen molar-refractivity contribution in [2.45, 2.75) is 51.9 Å². The highest BCUT2D eigenvalue weighted by Crippen LogP contribution is 2.26. The fraction of sp³-hybridized carbons (Fsp3) is 0.391. The summed E-state index contributed by atoms with van der Waals surface area (Å²) in [6, 6.07) is 7.90. The molecule has 0 spiro atoms. The standard InChI is InChI=1S/C23H26F2O4/c1-4-15(5-2)17-9-19(13-21(25)11-17)23(28)29-7-6-14(3)16-8-18(22(26)27)12-20(24)10-16/h8-15H,4-7H2,1-3H3,(H,26,27). The number of benzene rings is 2. The molecule has 2 aromatic carbocycles. The lowest BCUT2D eigenvalue weighted by atomic mass is 9.92. The lowest BCUT2D eigenvalue weighted by Crippen LogP contribution is -2.10. The first kappa shape index (κ1) is 22.5. The van der Waals surface area contributed by atoms with Gasteiger partial charge in [-0.15, -0.1) is 0 Å². The quantitative estimate of drug-likeness (QED) is 0.527. The average molecular weight is 404 g/mol. The molecule has 2 aromatic rings. The fourth-order valence-electron chi connectivity index (χ4n) is 3.32. The summed E-state index contributed by atoms with van der Waals surface area (Å²) in [6.45, 7) is 5.87. The minimum atomic E-state index is -1.20.